The van der Waals surface area contributed by atoms with Crippen LogP contribution >= 0.6 is 11.6 Å². The van der Waals surface area contributed by atoms with Gasteiger partial charge in [0, 0.05) is 5.56 Å². The predicted octanol–water partition coefficient (Wildman–Crippen LogP) is 2.56. The van der Waals surface area contributed by atoms with Gasteiger partial charge in [0.2, 0.25) is 0 Å². The van der Waals surface area contributed by atoms with Crippen LogP contribution < -0.4 is 5.73 Å². The van der Waals surface area contributed by atoms with Crippen LogP contribution in [0.25, 0.3) is 11.3 Å². The van der Waals surface area contributed by atoms with Crippen LogP contribution in [-0.2, 0) is 6.54 Å². The molecule has 2 N–H and O–H groups in total. The zero-order valence-electron chi connectivity index (χ0n) is 8.82. The fourth-order valence-corrected chi connectivity index (χ4v) is 1.60. The molecule has 0 radical (unpaired) electrons. The molecule has 0 fully saturated rings. The molecule has 0 saturated heterocycles. The Hall–Kier alpha value is -1.99. The highest BCUT2D eigenvalue weighted by Crippen LogP contribution is 2.27. The zero-order valence-corrected chi connectivity index (χ0v) is 9.58. The van der Waals surface area contributed by atoms with Gasteiger partial charge in [0.05, 0.1) is 17.9 Å². The third-order valence-corrected chi connectivity index (χ3v) is 2.64. The van der Waals surface area contributed by atoms with E-state index >= 15 is 0 Å². The van der Waals surface area contributed by atoms with Crippen LogP contribution in [0.5, 0.6) is 0 Å². The highest BCUT2D eigenvalue weighted by atomic mass is 35.5. The summed E-state index contributed by atoms with van der Waals surface area (Å²) in [6.45, 7) is 0.328. The van der Waals surface area contributed by atoms with Crippen LogP contribution in [0.4, 0.5) is 10.2 Å². The van der Waals surface area contributed by atoms with E-state index in [1.54, 1.807) is 10.6 Å². The van der Waals surface area contributed by atoms with Crippen LogP contribution in [0.2, 0.25) is 5.02 Å². The van der Waals surface area contributed by atoms with Crippen LogP contribution in [0.15, 0.2) is 24.5 Å². The van der Waals surface area contributed by atoms with Gasteiger partial charge in [-0.05, 0) is 12.1 Å². The number of terminal acetylenes is 1. The Morgan fingerprint density at radius 1 is 1.53 bits per heavy atom. The van der Waals surface area contributed by atoms with Gasteiger partial charge in [-0.3, -0.25) is 0 Å². The van der Waals surface area contributed by atoms with Crippen LogP contribution in [0.3, 0.4) is 0 Å². The largest absolute Gasteiger partial charge is 0.383 e. The van der Waals surface area contributed by atoms with E-state index in [0.29, 0.717) is 23.6 Å². The number of benzene rings is 1. The second-order valence-electron chi connectivity index (χ2n) is 3.44. The first kappa shape index (κ1) is 11.5. The molecule has 17 heavy (non-hydrogen) atoms. The van der Waals surface area contributed by atoms with Gasteiger partial charge in [-0.15, -0.1) is 6.42 Å². The average molecular weight is 250 g/mol. The van der Waals surface area contributed by atoms with Gasteiger partial charge < -0.3 is 10.3 Å². The number of aromatic nitrogens is 2. The van der Waals surface area contributed by atoms with Crippen molar-refractivity contribution in [2.24, 2.45) is 0 Å². The SMILES string of the molecule is C#CCn1cnc(-c2ccc(Cl)c(F)c2)c1N. The summed E-state index contributed by atoms with van der Waals surface area (Å²) in [5.74, 6) is 2.36. The molecular weight excluding hydrogens is 241 g/mol. The van der Waals surface area contributed by atoms with Crippen molar-refractivity contribution in [2.45, 2.75) is 6.54 Å². The van der Waals surface area contributed by atoms with Gasteiger partial charge in [0.15, 0.2) is 0 Å². The molecule has 0 bridgehead atoms. The standard InChI is InChI=1S/C12H9ClFN3/c1-2-5-17-7-16-11(12(17)15)8-3-4-9(13)10(14)6-8/h1,3-4,6-7H,5,15H2. The number of hydrogen-bond acceptors (Lipinski definition) is 2. The second kappa shape index (κ2) is 4.48. The summed E-state index contributed by atoms with van der Waals surface area (Å²) in [5, 5.41) is 0.0652. The summed E-state index contributed by atoms with van der Waals surface area (Å²) < 4.78 is 14.9. The first-order valence-electron chi connectivity index (χ1n) is 4.83. The molecule has 0 aliphatic carbocycles. The fraction of sp³-hybridized carbons (Fsp3) is 0.0833. The predicted molar refractivity (Wildman–Crippen MR) is 65.9 cm³/mol. The van der Waals surface area contributed by atoms with Gasteiger partial charge in [-0.2, -0.15) is 0 Å². The molecule has 3 nitrogen and oxygen atoms in total. The molecule has 0 aliphatic heterocycles. The van der Waals surface area contributed by atoms with Gasteiger partial charge in [-0.1, -0.05) is 23.6 Å². The van der Waals surface area contributed by atoms with E-state index in [-0.39, 0.29) is 5.02 Å². The summed E-state index contributed by atoms with van der Waals surface area (Å²) in [5.41, 5.74) is 6.92. The van der Waals surface area contributed by atoms with Crippen molar-refractivity contribution in [3.8, 4) is 23.6 Å². The maximum absolute atomic E-state index is 13.3. The highest BCUT2D eigenvalue weighted by molar-refractivity contribution is 6.30. The third kappa shape index (κ3) is 2.10. The molecule has 0 saturated carbocycles. The van der Waals surface area contributed by atoms with Crippen molar-refractivity contribution in [3.63, 3.8) is 0 Å². The molecular formula is C12H9ClFN3. The van der Waals surface area contributed by atoms with E-state index in [4.69, 9.17) is 23.8 Å². The average Bonchev–Trinajstić information content (AvgIpc) is 2.66. The van der Waals surface area contributed by atoms with E-state index in [9.17, 15) is 4.39 Å². The minimum absolute atomic E-state index is 0.0652. The van der Waals surface area contributed by atoms with Gasteiger partial charge in [-0.25, -0.2) is 9.37 Å². The number of anilines is 1. The lowest BCUT2D eigenvalue weighted by atomic mass is 10.1. The van der Waals surface area contributed by atoms with Crippen molar-refractivity contribution in [1.29, 1.82) is 0 Å². The first-order valence-corrected chi connectivity index (χ1v) is 5.20. The number of halogens is 2. The summed E-state index contributed by atoms with van der Waals surface area (Å²) in [6.07, 6.45) is 6.71. The molecule has 0 atom stereocenters. The lowest BCUT2D eigenvalue weighted by Crippen LogP contribution is -2.00. The normalized spacial score (nSPS) is 10.2. The van der Waals surface area contributed by atoms with Crippen molar-refractivity contribution in [2.75, 3.05) is 5.73 Å². The van der Waals surface area contributed by atoms with Gasteiger partial charge in [0.1, 0.15) is 17.3 Å². The van der Waals surface area contributed by atoms with E-state index < -0.39 is 5.82 Å². The molecule has 1 aromatic carbocycles. The van der Waals surface area contributed by atoms with E-state index in [0.717, 1.165) is 0 Å². The topological polar surface area (TPSA) is 43.8 Å². The Bertz CT molecular complexity index is 598. The number of rotatable bonds is 2. The van der Waals surface area contributed by atoms with Crippen LogP contribution in [0, 0.1) is 18.2 Å². The fourth-order valence-electron chi connectivity index (χ4n) is 1.48. The van der Waals surface area contributed by atoms with Crippen LogP contribution in [0.1, 0.15) is 0 Å². The maximum atomic E-state index is 13.3. The van der Waals surface area contributed by atoms with E-state index in [1.165, 1.54) is 18.5 Å². The number of nitrogens with two attached hydrogens (primary N) is 1. The van der Waals surface area contributed by atoms with E-state index in [1.807, 2.05) is 0 Å². The summed E-state index contributed by atoms with van der Waals surface area (Å²) >= 11 is 5.60. The molecule has 1 heterocycles. The Kier molecular flexibility index (Phi) is 3.03. The number of imidazole rings is 1. The summed E-state index contributed by atoms with van der Waals surface area (Å²) in [7, 11) is 0. The maximum Gasteiger partial charge on any atom is 0.142 e. The number of nitrogens with zero attached hydrogens (tertiary/aromatic N) is 2. The van der Waals surface area contributed by atoms with Crippen molar-refractivity contribution >= 4 is 17.4 Å². The molecule has 0 aliphatic rings. The van der Waals surface area contributed by atoms with Crippen molar-refractivity contribution in [3.05, 3.63) is 35.4 Å². The Labute approximate surface area is 103 Å². The lowest BCUT2D eigenvalue weighted by Gasteiger charge is -2.02. The van der Waals surface area contributed by atoms with Gasteiger partial charge >= 0.3 is 0 Å². The minimum Gasteiger partial charge on any atom is -0.383 e. The molecule has 86 valence electrons. The van der Waals surface area contributed by atoms with Crippen molar-refractivity contribution < 1.29 is 4.39 Å². The molecule has 0 unspecified atom stereocenters. The number of hydrogen-bond donors (Lipinski definition) is 1. The van der Waals surface area contributed by atoms with Crippen molar-refractivity contribution in [1.82, 2.24) is 9.55 Å². The Balaban J connectivity index is 2.47. The minimum atomic E-state index is -0.505. The Morgan fingerprint density at radius 3 is 2.94 bits per heavy atom. The summed E-state index contributed by atoms with van der Waals surface area (Å²) in [4.78, 5) is 4.11. The highest BCUT2D eigenvalue weighted by Gasteiger charge is 2.11. The molecule has 5 heteroatoms. The molecule has 2 aromatic rings. The smallest absolute Gasteiger partial charge is 0.142 e. The second-order valence-corrected chi connectivity index (χ2v) is 3.85. The monoisotopic (exact) mass is 249 g/mol. The third-order valence-electron chi connectivity index (χ3n) is 2.33. The molecule has 0 spiro atoms. The Morgan fingerprint density at radius 2 is 2.29 bits per heavy atom. The molecule has 0 amide bonds. The molecule has 1 aromatic heterocycles. The number of nitrogen functional groups attached to an aromatic ring is 1. The van der Waals surface area contributed by atoms with E-state index in [2.05, 4.69) is 10.9 Å². The quantitative estimate of drug-likeness (QED) is 0.832. The summed E-state index contributed by atoms with van der Waals surface area (Å²) in [6, 6.07) is 4.41. The van der Waals surface area contributed by atoms with Gasteiger partial charge in [0.25, 0.3) is 0 Å². The lowest BCUT2D eigenvalue weighted by molar-refractivity contribution is 0.628. The zero-order chi connectivity index (χ0) is 12.4. The van der Waals surface area contributed by atoms with Crippen LogP contribution in [-0.4, -0.2) is 9.55 Å². The first-order chi connectivity index (χ1) is 8.13. The molecule has 2 rings (SSSR count).